The molecular formula is C17H21NO2. The van der Waals surface area contributed by atoms with E-state index in [-0.39, 0.29) is 18.7 Å². The van der Waals surface area contributed by atoms with Crippen LogP contribution in [0.3, 0.4) is 0 Å². The molecule has 0 bridgehead atoms. The van der Waals surface area contributed by atoms with Crippen LogP contribution in [0.2, 0.25) is 0 Å². The Labute approximate surface area is 120 Å². The fraction of sp³-hybridized carbons (Fsp3) is 0.294. The molecule has 2 rings (SSSR count). The second-order valence-electron chi connectivity index (χ2n) is 4.81. The SMILES string of the molecule is COc1ccc(C(C)NC(CO)c2ccccc2)cc1. The van der Waals surface area contributed by atoms with E-state index in [0.29, 0.717) is 0 Å². The summed E-state index contributed by atoms with van der Waals surface area (Å²) in [6.07, 6.45) is 0. The van der Waals surface area contributed by atoms with E-state index < -0.39 is 0 Å². The van der Waals surface area contributed by atoms with E-state index in [1.807, 2.05) is 54.6 Å². The minimum atomic E-state index is -0.0618. The van der Waals surface area contributed by atoms with E-state index in [2.05, 4.69) is 12.2 Å². The molecule has 0 spiro atoms. The molecular weight excluding hydrogens is 250 g/mol. The largest absolute Gasteiger partial charge is 0.497 e. The Bertz CT molecular complexity index is 510. The molecule has 0 heterocycles. The lowest BCUT2D eigenvalue weighted by Gasteiger charge is -2.22. The third-order valence-corrected chi connectivity index (χ3v) is 3.45. The maximum Gasteiger partial charge on any atom is 0.118 e. The molecule has 106 valence electrons. The Morgan fingerprint density at radius 3 is 2.20 bits per heavy atom. The Morgan fingerprint density at radius 2 is 1.65 bits per heavy atom. The quantitative estimate of drug-likeness (QED) is 0.848. The summed E-state index contributed by atoms with van der Waals surface area (Å²) in [4.78, 5) is 0. The summed E-state index contributed by atoms with van der Waals surface area (Å²) in [5.41, 5.74) is 2.26. The van der Waals surface area contributed by atoms with Crippen molar-refractivity contribution in [3.63, 3.8) is 0 Å². The van der Waals surface area contributed by atoms with Crippen molar-refractivity contribution in [1.82, 2.24) is 5.32 Å². The summed E-state index contributed by atoms with van der Waals surface area (Å²) in [6.45, 7) is 2.16. The van der Waals surface area contributed by atoms with E-state index in [1.165, 1.54) is 5.56 Å². The first kappa shape index (κ1) is 14.6. The number of benzene rings is 2. The zero-order valence-electron chi connectivity index (χ0n) is 11.9. The van der Waals surface area contributed by atoms with E-state index in [4.69, 9.17) is 4.74 Å². The molecule has 3 nitrogen and oxygen atoms in total. The molecule has 0 aliphatic rings. The van der Waals surface area contributed by atoms with Gasteiger partial charge in [0.1, 0.15) is 5.75 Å². The molecule has 2 unspecified atom stereocenters. The maximum absolute atomic E-state index is 9.57. The first-order chi connectivity index (χ1) is 9.74. The molecule has 0 saturated carbocycles. The van der Waals surface area contributed by atoms with Crippen molar-refractivity contribution < 1.29 is 9.84 Å². The van der Waals surface area contributed by atoms with Gasteiger partial charge in [0.2, 0.25) is 0 Å². The highest BCUT2D eigenvalue weighted by atomic mass is 16.5. The van der Waals surface area contributed by atoms with Gasteiger partial charge in [0.05, 0.1) is 19.8 Å². The standard InChI is InChI=1S/C17H21NO2/c1-13(14-8-10-16(20-2)11-9-14)18-17(12-19)15-6-4-3-5-7-15/h3-11,13,17-19H,12H2,1-2H3. The number of methoxy groups -OCH3 is 1. The summed E-state index contributed by atoms with van der Waals surface area (Å²) in [5, 5.41) is 13.0. The number of hydrogen-bond donors (Lipinski definition) is 2. The van der Waals surface area contributed by atoms with Gasteiger partial charge in [0.25, 0.3) is 0 Å². The fourth-order valence-electron chi connectivity index (χ4n) is 2.23. The van der Waals surface area contributed by atoms with Gasteiger partial charge in [-0.3, -0.25) is 0 Å². The summed E-state index contributed by atoms with van der Waals surface area (Å²) in [7, 11) is 1.66. The van der Waals surface area contributed by atoms with Gasteiger partial charge in [0, 0.05) is 6.04 Å². The highest BCUT2D eigenvalue weighted by molar-refractivity contribution is 5.29. The van der Waals surface area contributed by atoms with Crippen LogP contribution >= 0.6 is 0 Å². The highest BCUT2D eigenvalue weighted by Gasteiger charge is 2.14. The fourth-order valence-corrected chi connectivity index (χ4v) is 2.23. The van der Waals surface area contributed by atoms with E-state index >= 15 is 0 Å². The molecule has 20 heavy (non-hydrogen) atoms. The monoisotopic (exact) mass is 271 g/mol. The number of rotatable bonds is 6. The Kier molecular flexibility index (Phi) is 5.16. The van der Waals surface area contributed by atoms with Gasteiger partial charge in [-0.25, -0.2) is 0 Å². The molecule has 0 amide bonds. The Morgan fingerprint density at radius 1 is 1.00 bits per heavy atom. The molecule has 0 aliphatic carbocycles. The molecule has 2 N–H and O–H groups in total. The van der Waals surface area contributed by atoms with Crippen LogP contribution < -0.4 is 10.1 Å². The summed E-state index contributed by atoms with van der Waals surface area (Å²) < 4.78 is 5.16. The summed E-state index contributed by atoms with van der Waals surface area (Å²) >= 11 is 0. The molecule has 0 radical (unpaired) electrons. The second kappa shape index (κ2) is 7.08. The van der Waals surface area contributed by atoms with Crippen molar-refractivity contribution in [2.24, 2.45) is 0 Å². The molecule has 2 aromatic carbocycles. The smallest absolute Gasteiger partial charge is 0.118 e. The first-order valence-electron chi connectivity index (χ1n) is 6.80. The van der Waals surface area contributed by atoms with Gasteiger partial charge >= 0.3 is 0 Å². The predicted octanol–water partition coefficient (Wildman–Crippen LogP) is 3.08. The molecule has 0 fully saturated rings. The number of ether oxygens (including phenoxy) is 1. The molecule has 3 heteroatoms. The van der Waals surface area contributed by atoms with Gasteiger partial charge in [-0.15, -0.1) is 0 Å². The van der Waals surface area contributed by atoms with Crippen molar-refractivity contribution in [3.05, 3.63) is 65.7 Å². The van der Waals surface area contributed by atoms with Gasteiger partial charge in [-0.1, -0.05) is 42.5 Å². The highest BCUT2D eigenvalue weighted by Crippen LogP contribution is 2.21. The van der Waals surface area contributed by atoms with Crippen LogP contribution in [0.15, 0.2) is 54.6 Å². The minimum absolute atomic E-state index is 0.0618. The van der Waals surface area contributed by atoms with E-state index in [1.54, 1.807) is 7.11 Å². The van der Waals surface area contributed by atoms with Crippen molar-refractivity contribution in [2.75, 3.05) is 13.7 Å². The average Bonchev–Trinajstić information content (AvgIpc) is 2.53. The van der Waals surface area contributed by atoms with Crippen molar-refractivity contribution >= 4 is 0 Å². The third-order valence-electron chi connectivity index (χ3n) is 3.45. The zero-order chi connectivity index (χ0) is 14.4. The normalized spacial score (nSPS) is 13.8. The van der Waals surface area contributed by atoms with Crippen LogP contribution in [0, 0.1) is 0 Å². The van der Waals surface area contributed by atoms with Gasteiger partial charge in [-0.2, -0.15) is 0 Å². The van der Waals surface area contributed by atoms with E-state index in [9.17, 15) is 5.11 Å². The van der Waals surface area contributed by atoms with Gasteiger partial charge in [0.15, 0.2) is 0 Å². The van der Waals surface area contributed by atoms with Crippen LogP contribution in [-0.2, 0) is 0 Å². The maximum atomic E-state index is 9.57. The number of hydrogen-bond acceptors (Lipinski definition) is 3. The molecule has 2 aromatic rings. The molecule has 2 atom stereocenters. The van der Waals surface area contributed by atoms with E-state index in [0.717, 1.165) is 11.3 Å². The second-order valence-corrected chi connectivity index (χ2v) is 4.81. The lowest BCUT2D eigenvalue weighted by atomic mass is 10.0. The number of nitrogens with one attached hydrogen (secondary N) is 1. The van der Waals surface area contributed by atoms with Crippen molar-refractivity contribution in [2.45, 2.75) is 19.0 Å². The van der Waals surface area contributed by atoms with Gasteiger partial charge in [-0.05, 0) is 30.2 Å². The van der Waals surface area contributed by atoms with Crippen LogP contribution in [0.25, 0.3) is 0 Å². The first-order valence-corrected chi connectivity index (χ1v) is 6.80. The summed E-state index contributed by atoms with van der Waals surface area (Å²) in [5.74, 6) is 0.850. The topological polar surface area (TPSA) is 41.5 Å². The van der Waals surface area contributed by atoms with Crippen LogP contribution in [0.4, 0.5) is 0 Å². The van der Waals surface area contributed by atoms with Crippen molar-refractivity contribution in [1.29, 1.82) is 0 Å². The summed E-state index contributed by atoms with van der Waals surface area (Å²) in [6, 6.07) is 18.1. The average molecular weight is 271 g/mol. The van der Waals surface area contributed by atoms with Gasteiger partial charge < -0.3 is 15.2 Å². The Hall–Kier alpha value is -1.84. The van der Waals surface area contributed by atoms with Crippen LogP contribution in [0.1, 0.15) is 30.1 Å². The predicted molar refractivity (Wildman–Crippen MR) is 80.8 cm³/mol. The molecule has 0 aliphatic heterocycles. The number of aliphatic hydroxyl groups excluding tert-OH is 1. The lowest BCUT2D eigenvalue weighted by molar-refractivity contribution is 0.235. The third kappa shape index (κ3) is 3.59. The van der Waals surface area contributed by atoms with Crippen LogP contribution in [0.5, 0.6) is 5.75 Å². The zero-order valence-corrected chi connectivity index (χ0v) is 11.9. The van der Waals surface area contributed by atoms with Crippen LogP contribution in [-0.4, -0.2) is 18.8 Å². The molecule has 0 aromatic heterocycles. The van der Waals surface area contributed by atoms with Crippen molar-refractivity contribution in [3.8, 4) is 5.75 Å². The minimum Gasteiger partial charge on any atom is -0.497 e. The number of aliphatic hydroxyl groups is 1. The lowest BCUT2D eigenvalue weighted by Crippen LogP contribution is -2.27. The molecule has 0 saturated heterocycles. The Balaban J connectivity index is 2.06.